The summed E-state index contributed by atoms with van der Waals surface area (Å²) in [6.45, 7) is 4.87. The van der Waals surface area contributed by atoms with Gasteiger partial charge < -0.3 is 20.3 Å². The largest absolute Gasteiger partial charge is 0.466 e. The maximum atomic E-state index is 12.5. The van der Waals surface area contributed by atoms with Crippen LogP contribution in [0, 0.1) is 0 Å². The van der Waals surface area contributed by atoms with Gasteiger partial charge in [0.15, 0.2) is 0 Å². The zero-order valence-corrected chi connectivity index (χ0v) is 42.6. The number of carbonyl (C=O) groups excluding carboxylic acids is 2. The summed E-state index contributed by atoms with van der Waals surface area (Å²) in [6, 6.07) is -0.647. The molecule has 0 aliphatic rings. The van der Waals surface area contributed by atoms with Crippen LogP contribution in [0.3, 0.4) is 0 Å². The van der Waals surface area contributed by atoms with Crippen LogP contribution in [0.1, 0.15) is 316 Å². The van der Waals surface area contributed by atoms with Crippen LogP contribution in [0.4, 0.5) is 0 Å². The van der Waals surface area contributed by atoms with Gasteiger partial charge in [0, 0.05) is 12.8 Å². The van der Waals surface area contributed by atoms with Crippen LogP contribution >= 0.6 is 0 Å². The number of rotatable bonds is 53. The zero-order valence-electron chi connectivity index (χ0n) is 42.6. The van der Waals surface area contributed by atoms with Gasteiger partial charge in [-0.3, -0.25) is 9.59 Å². The van der Waals surface area contributed by atoms with E-state index in [-0.39, 0.29) is 18.5 Å². The number of hydrogen-bond acceptors (Lipinski definition) is 5. The van der Waals surface area contributed by atoms with Crippen molar-refractivity contribution in [1.29, 1.82) is 0 Å². The van der Waals surface area contributed by atoms with Gasteiger partial charge in [-0.1, -0.05) is 283 Å². The molecule has 0 saturated carbocycles. The van der Waals surface area contributed by atoms with Crippen LogP contribution in [-0.4, -0.2) is 47.4 Å². The average Bonchev–Trinajstić information content (AvgIpc) is 3.28. The van der Waals surface area contributed by atoms with E-state index in [0.717, 1.165) is 57.8 Å². The minimum atomic E-state index is -0.861. The van der Waals surface area contributed by atoms with Gasteiger partial charge >= 0.3 is 5.97 Å². The number of unbranched alkanes of at least 4 members (excludes halogenated alkanes) is 42. The highest BCUT2D eigenvalue weighted by molar-refractivity contribution is 5.76. The Morgan fingerprint density at radius 2 is 0.730 bits per heavy atom. The van der Waals surface area contributed by atoms with Crippen molar-refractivity contribution in [2.24, 2.45) is 0 Å². The van der Waals surface area contributed by atoms with Gasteiger partial charge in [-0.25, -0.2) is 0 Å². The fourth-order valence-electron chi connectivity index (χ4n) is 8.93. The molecule has 6 nitrogen and oxygen atoms in total. The molecule has 0 saturated heterocycles. The van der Waals surface area contributed by atoms with Crippen LogP contribution in [0.15, 0.2) is 12.2 Å². The minimum Gasteiger partial charge on any atom is -0.466 e. The number of hydrogen-bond donors (Lipinski definition) is 3. The SMILES string of the molecule is CCCCCCCCCCCCCCCCCCCCCC/C=C/C(O)C(CO)NC(=O)CCCCCCCCCCCOC(=O)CCCCCCCCCCCCCCCCC. The standard InChI is InChI=1S/C57H111NO5/c1-3-5-7-9-11-13-15-17-19-20-21-22-23-24-25-27-28-30-33-37-41-45-49-55(60)54(53-59)58-56(61)50-46-42-38-34-32-36-40-44-48-52-63-57(62)51-47-43-39-35-31-29-26-18-16-14-12-10-8-6-4-2/h45,49,54-55,59-60H,3-44,46-48,50-53H2,1-2H3,(H,58,61)/b49-45+. The molecule has 0 aromatic heterocycles. The van der Waals surface area contributed by atoms with Crippen molar-refractivity contribution in [2.45, 2.75) is 328 Å². The molecule has 0 aromatic rings. The number of esters is 1. The topological polar surface area (TPSA) is 95.9 Å². The Bertz CT molecular complexity index is 939. The quantitative estimate of drug-likeness (QED) is 0.0321. The molecule has 374 valence electrons. The van der Waals surface area contributed by atoms with Crippen molar-refractivity contribution in [1.82, 2.24) is 5.32 Å². The molecular weight excluding hydrogens is 779 g/mol. The number of nitrogens with one attached hydrogen (secondary N) is 1. The van der Waals surface area contributed by atoms with Crippen molar-refractivity contribution in [2.75, 3.05) is 13.2 Å². The Kier molecular flexibility index (Phi) is 52.0. The van der Waals surface area contributed by atoms with Crippen LogP contribution in [0.25, 0.3) is 0 Å². The summed E-state index contributed by atoms with van der Waals surface area (Å²) in [5, 5.41) is 23.1. The highest BCUT2D eigenvalue weighted by Gasteiger charge is 2.18. The van der Waals surface area contributed by atoms with Gasteiger partial charge in [0.25, 0.3) is 0 Å². The summed E-state index contributed by atoms with van der Waals surface area (Å²) < 4.78 is 5.46. The second-order valence-corrected chi connectivity index (χ2v) is 19.6. The number of aliphatic hydroxyl groups is 2. The molecule has 2 atom stereocenters. The lowest BCUT2D eigenvalue weighted by molar-refractivity contribution is -0.143. The van der Waals surface area contributed by atoms with Crippen LogP contribution < -0.4 is 5.32 Å². The maximum absolute atomic E-state index is 12.5. The molecule has 0 fully saturated rings. The Morgan fingerprint density at radius 1 is 0.429 bits per heavy atom. The molecule has 0 spiro atoms. The molecule has 0 bridgehead atoms. The van der Waals surface area contributed by atoms with Crippen molar-refractivity contribution in [3.05, 3.63) is 12.2 Å². The van der Waals surface area contributed by atoms with E-state index in [1.807, 2.05) is 6.08 Å². The van der Waals surface area contributed by atoms with E-state index in [4.69, 9.17) is 4.74 Å². The van der Waals surface area contributed by atoms with Crippen LogP contribution in [0.5, 0.6) is 0 Å². The zero-order chi connectivity index (χ0) is 45.8. The molecule has 3 N–H and O–H groups in total. The van der Waals surface area contributed by atoms with Gasteiger partial charge in [0.05, 0.1) is 25.4 Å². The van der Waals surface area contributed by atoms with Gasteiger partial charge in [-0.2, -0.15) is 0 Å². The van der Waals surface area contributed by atoms with E-state index in [2.05, 4.69) is 19.2 Å². The highest BCUT2D eigenvalue weighted by atomic mass is 16.5. The normalized spacial score (nSPS) is 12.6. The predicted octanol–water partition coefficient (Wildman–Crippen LogP) is 17.3. The molecule has 0 aromatic carbocycles. The first-order chi connectivity index (χ1) is 31.0. The first kappa shape index (κ1) is 61.6. The smallest absolute Gasteiger partial charge is 0.305 e. The summed E-state index contributed by atoms with van der Waals surface area (Å²) in [6.07, 6.45) is 62.3. The van der Waals surface area contributed by atoms with Crippen molar-refractivity contribution >= 4 is 11.9 Å². The number of ether oxygens (including phenoxy) is 1. The molecule has 0 heterocycles. The van der Waals surface area contributed by atoms with E-state index in [0.29, 0.717) is 19.4 Å². The van der Waals surface area contributed by atoms with E-state index in [1.165, 1.54) is 231 Å². The molecule has 0 radical (unpaired) electrons. The van der Waals surface area contributed by atoms with Crippen molar-refractivity contribution in [3.8, 4) is 0 Å². The number of carbonyl (C=O) groups is 2. The van der Waals surface area contributed by atoms with Crippen LogP contribution in [0.2, 0.25) is 0 Å². The summed E-state index contributed by atoms with van der Waals surface area (Å²) in [4.78, 5) is 24.5. The Hall–Kier alpha value is -1.40. The van der Waals surface area contributed by atoms with Crippen molar-refractivity contribution < 1.29 is 24.5 Å². The lowest BCUT2D eigenvalue weighted by atomic mass is 10.0. The van der Waals surface area contributed by atoms with E-state index >= 15 is 0 Å². The first-order valence-corrected chi connectivity index (χ1v) is 28.5. The molecule has 6 heteroatoms. The molecule has 1 amide bonds. The average molecular weight is 891 g/mol. The summed E-state index contributed by atoms with van der Waals surface area (Å²) in [5.41, 5.74) is 0. The third-order valence-electron chi connectivity index (χ3n) is 13.3. The second-order valence-electron chi connectivity index (χ2n) is 19.6. The van der Waals surface area contributed by atoms with E-state index in [9.17, 15) is 19.8 Å². The van der Waals surface area contributed by atoms with E-state index in [1.54, 1.807) is 6.08 Å². The fourth-order valence-corrected chi connectivity index (χ4v) is 8.93. The first-order valence-electron chi connectivity index (χ1n) is 28.5. The number of allylic oxidation sites excluding steroid dienone is 1. The Balaban J connectivity index is 3.50. The summed E-state index contributed by atoms with van der Waals surface area (Å²) in [5.74, 6) is -0.115. The number of amides is 1. The van der Waals surface area contributed by atoms with Gasteiger partial charge in [0.1, 0.15) is 0 Å². The molecular formula is C57H111NO5. The molecule has 2 unspecified atom stereocenters. The predicted molar refractivity (Wildman–Crippen MR) is 273 cm³/mol. The third-order valence-corrected chi connectivity index (χ3v) is 13.3. The van der Waals surface area contributed by atoms with E-state index < -0.39 is 12.1 Å². The van der Waals surface area contributed by atoms with Gasteiger partial charge in [-0.05, 0) is 32.1 Å². The van der Waals surface area contributed by atoms with Gasteiger partial charge in [0.2, 0.25) is 5.91 Å². The summed E-state index contributed by atoms with van der Waals surface area (Å²) >= 11 is 0. The molecule has 0 rings (SSSR count). The molecule has 63 heavy (non-hydrogen) atoms. The number of aliphatic hydroxyl groups excluding tert-OH is 2. The lowest BCUT2D eigenvalue weighted by Crippen LogP contribution is -2.45. The minimum absolute atomic E-state index is 0.0234. The monoisotopic (exact) mass is 890 g/mol. The second kappa shape index (κ2) is 53.2. The van der Waals surface area contributed by atoms with Crippen molar-refractivity contribution in [3.63, 3.8) is 0 Å². The third kappa shape index (κ3) is 49.9. The maximum Gasteiger partial charge on any atom is 0.305 e. The highest BCUT2D eigenvalue weighted by Crippen LogP contribution is 2.17. The lowest BCUT2D eigenvalue weighted by Gasteiger charge is -2.20. The molecule has 0 aliphatic heterocycles. The Morgan fingerprint density at radius 3 is 1.08 bits per heavy atom. The summed E-state index contributed by atoms with van der Waals surface area (Å²) in [7, 11) is 0. The Labute approximate surface area is 393 Å². The fraction of sp³-hybridized carbons (Fsp3) is 0.930. The molecule has 0 aliphatic carbocycles. The van der Waals surface area contributed by atoms with Gasteiger partial charge in [-0.15, -0.1) is 0 Å². The van der Waals surface area contributed by atoms with Crippen LogP contribution in [-0.2, 0) is 14.3 Å².